The van der Waals surface area contributed by atoms with Gasteiger partial charge in [-0.3, -0.25) is 14.5 Å². The lowest BCUT2D eigenvalue weighted by atomic mass is 9.82. The first kappa shape index (κ1) is 22.4. The lowest BCUT2D eigenvalue weighted by molar-refractivity contribution is -0.153. The van der Waals surface area contributed by atoms with Crippen LogP contribution in [-0.4, -0.2) is 86.3 Å². The van der Waals surface area contributed by atoms with Crippen LogP contribution < -0.4 is 5.32 Å². The topological polar surface area (TPSA) is 71.1 Å². The highest BCUT2D eigenvalue weighted by molar-refractivity contribution is 5.85. The number of ether oxygens (including phenoxy) is 2. The lowest BCUT2D eigenvalue weighted by Crippen LogP contribution is -2.58. The Labute approximate surface area is 161 Å². The van der Waals surface area contributed by atoms with Crippen molar-refractivity contribution in [3.63, 3.8) is 0 Å². The van der Waals surface area contributed by atoms with Crippen molar-refractivity contribution in [2.45, 2.75) is 37.3 Å². The van der Waals surface area contributed by atoms with Gasteiger partial charge in [-0.1, -0.05) is 0 Å². The minimum absolute atomic E-state index is 0. The maximum Gasteiger partial charge on any atom is 0.325 e. The Morgan fingerprint density at radius 1 is 1.32 bits per heavy atom. The maximum atomic E-state index is 12.3. The number of hydrogen-bond donors (Lipinski definition) is 1. The predicted octanol–water partition coefficient (Wildman–Crippen LogP) is 0.448. The number of amides is 1. The van der Waals surface area contributed by atoms with E-state index in [1.54, 1.807) is 4.90 Å². The molecule has 0 bridgehead atoms. The van der Waals surface area contributed by atoms with Gasteiger partial charge in [-0.25, -0.2) is 0 Å². The van der Waals surface area contributed by atoms with Gasteiger partial charge in [0.2, 0.25) is 5.91 Å². The summed E-state index contributed by atoms with van der Waals surface area (Å²) in [5.74, 6) is -0.334. The third-order valence-corrected chi connectivity index (χ3v) is 5.39. The van der Waals surface area contributed by atoms with Gasteiger partial charge in [-0.05, 0) is 38.8 Å². The summed E-state index contributed by atoms with van der Waals surface area (Å²) in [6.07, 6.45) is 4.11. The Balaban J connectivity index is 0.00000156. The van der Waals surface area contributed by atoms with Crippen LogP contribution in [0.2, 0.25) is 0 Å². The summed E-state index contributed by atoms with van der Waals surface area (Å²) < 4.78 is 10.8. The van der Waals surface area contributed by atoms with Crippen molar-refractivity contribution >= 4 is 36.7 Å². The summed E-state index contributed by atoms with van der Waals surface area (Å²) in [4.78, 5) is 27.5. The molecule has 1 amide bonds. The van der Waals surface area contributed by atoms with Crippen LogP contribution in [0.25, 0.3) is 0 Å². The Morgan fingerprint density at radius 2 is 2.04 bits per heavy atom. The summed E-state index contributed by atoms with van der Waals surface area (Å²) in [6.45, 7) is 4.68. The van der Waals surface area contributed by atoms with Crippen LogP contribution in [0.1, 0.15) is 25.7 Å². The number of piperazine rings is 1. The van der Waals surface area contributed by atoms with E-state index >= 15 is 0 Å². The van der Waals surface area contributed by atoms with Crippen molar-refractivity contribution < 1.29 is 19.1 Å². The van der Waals surface area contributed by atoms with Crippen LogP contribution in [-0.2, 0) is 19.1 Å². The second-order valence-corrected chi connectivity index (χ2v) is 6.79. The molecule has 1 N–H and O–H groups in total. The van der Waals surface area contributed by atoms with Gasteiger partial charge in [0.15, 0.2) is 0 Å². The average molecular weight is 398 g/mol. The van der Waals surface area contributed by atoms with Gasteiger partial charge in [0.25, 0.3) is 0 Å². The zero-order chi connectivity index (χ0) is 16.3. The van der Waals surface area contributed by atoms with E-state index in [0.717, 1.165) is 51.9 Å². The largest absolute Gasteiger partial charge is 0.468 e. The van der Waals surface area contributed by atoms with Crippen LogP contribution in [0.5, 0.6) is 0 Å². The van der Waals surface area contributed by atoms with Gasteiger partial charge < -0.3 is 19.7 Å². The number of hydrogen-bond acceptors (Lipinski definition) is 6. The van der Waals surface area contributed by atoms with Crippen LogP contribution >= 0.6 is 24.8 Å². The number of piperidine rings is 1. The molecule has 25 heavy (non-hydrogen) atoms. The first-order valence-corrected chi connectivity index (χ1v) is 8.55. The number of methoxy groups -OCH3 is 1. The van der Waals surface area contributed by atoms with E-state index < -0.39 is 0 Å². The molecule has 3 aliphatic heterocycles. The molecule has 3 aliphatic rings. The monoisotopic (exact) mass is 397 g/mol. The molecule has 1 spiro atoms. The first-order chi connectivity index (χ1) is 11.1. The van der Waals surface area contributed by atoms with Gasteiger partial charge in [0.05, 0.1) is 19.3 Å². The molecule has 0 aromatic carbocycles. The molecule has 0 aromatic rings. The van der Waals surface area contributed by atoms with E-state index in [-0.39, 0.29) is 48.8 Å². The molecule has 3 fully saturated rings. The Hall–Kier alpha value is -0.600. The van der Waals surface area contributed by atoms with Crippen LogP contribution in [0, 0.1) is 0 Å². The van der Waals surface area contributed by atoms with E-state index in [9.17, 15) is 9.59 Å². The lowest BCUT2D eigenvalue weighted by Gasteiger charge is -2.48. The molecule has 146 valence electrons. The molecule has 1 atom stereocenters. The zero-order valence-electron chi connectivity index (χ0n) is 14.7. The van der Waals surface area contributed by atoms with E-state index in [1.807, 2.05) is 0 Å². The first-order valence-electron chi connectivity index (χ1n) is 8.55. The molecule has 0 radical (unpaired) electrons. The van der Waals surface area contributed by atoms with E-state index in [1.165, 1.54) is 7.11 Å². The van der Waals surface area contributed by atoms with Crippen molar-refractivity contribution in [2.75, 3.05) is 53.0 Å². The van der Waals surface area contributed by atoms with Crippen molar-refractivity contribution in [3.8, 4) is 0 Å². The van der Waals surface area contributed by atoms with Crippen molar-refractivity contribution in [1.29, 1.82) is 0 Å². The van der Waals surface area contributed by atoms with Crippen molar-refractivity contribution in [3.05, 3.63) is 0 Å². The molecule has 0 aromatic heterocycles. The maximum absolute atomic E-state index is 12.3. The summed E-state index contributed by atoms with van der Waals surface area (Å²) in [5.41, 5.74) is 0.000362. The normalized spacial score (nSPS) is 26.5. The third kappa shape index (κ3) is 5.44. The Morgan fingerprint density at radius 3 is 2.68 bits per heavy atom. The number of rotatable bonds is 3. The second kappa shape index (κ2) is 9.92. The number of carbonyl (C=O) groups excluding carboxylic acids is 2. The third-order valence-electron chi connectivity index (χ3n) is 5.39. The smallest absolute Gasteiger partial charge is 0.325 e. The highest BCUT2D eigenvalue weighted by Gasteiger charge is 2.41. The Kier molecular flexibility index (Phi) is 8.91. The summed E-state index contributed by atoms with van der Waals surface area (Å²) in [5, 5.41) is 3.39. The molecular formula is C16H29Cl2N3O4. The van der Waals surface area contributed by atoms with Gasteiger partial charge in [-0.2, -0.15) is 0 Å². The number of esters is 1. The second-order valence-electron chi connectivity index (χ2n) is 6.79. The van der Waals surface area contributed by atoms with Gasteiger partial charge in [-0.15, -0.1) is 24.8 Å². The number of nitrogens with one attached hydrogen (secondary N) is 1. The standard InChI is InChI=1S/C16H27N3O4.2ClH/c1-22-15(21)12-19-8-7-18(11-14(19)20)13-2-9-23-16(10-13)3-5-17-6-4-16;;/h13,17H,2-12H2,1H3;2*1H. The summed E-state index contributed by atoms with van der Waals surface area (Å²) in [6, 6.07) is 0.408. The van der Waals surface area contributed by atoms with E-state index in [2.05, 4.69) is 15.0 Å². The molecule has 3 saturated heterocycles. The van der Waals surface area contributed by atoms with Crippen molar-refractivity contribution in [1.82, 2.24) is 15.1 Å². The van der Waals surface area contributed by atoms with Gasteiger partial charge >= 0.3 is 5.97 Å². The average Bonchev–Trinajstić information content (AvgIpc) is 2.57. The number of halogens is 2. The quantitative estimate of drug-likeness (QED) is 0.697. The fraction of sp³-hybridized carbons (Fsp3) is 0.875. The van der Waals surface area contributed by atoms with E-state index in [0.29, 0.717) is 19.1 Å². The molecule has 0 aliphatic carbocycles. The van der Waals surface area contributed by atoms with Crippen LogP contribution in [0.3, 0.4) is 0 Å². The Bertz CT molecular complexity index is 455. The fourth-order valence-corrected chi connectivity index (χ4v) is 3.97. The SMILES string of the molecule is COC(=O)CN1CCN(C2CCOC3(CCNCC3)C2)CC1=O.Cl.Cl. The molecule has 9 heteroatoms. The number of nitrogens with zero attached hydrogens (tertiary/aromatic N) is 2. The number of carbonyl (C=O) groups is 2. The van der Waals surface area contributed by atoms with Crippen LogP contribution in [0.4, 0.5) is 0 Å². The van der Waals surface area contributed by atoms with Crippen LogP contribution in [0.15, 0.2) is 0 Å². The van der Waals surface area contributed by atoms with Gasteiger partial charge in [0, 0.05) is 25.7 Å². The molecule has 7 nitrogen and oxygen atoms in total. The van der Waals surface area contributed by atoms with Gasteiger partial charge in [0.1, 0.15) is 6.54 Å². The summed E-state index contributed by atoms with van der Waals surface area (Å²) in [7, 11) is 1.35. The highest BCUT2D eigenvalue weighted by atomic mass is 35.5. The summed E-state index contributed by atoms with van der Waals surface area (Å²) >= 11 is 0. The molecule has 3 rings (SSSR count). The molecule has 1 unspecified atom stereocenters. The zero-order valence-corrected chi connectivity index (χ0v) is 16.3. The minimum atomic E-state index is -0.355. The molecule has 3 heterocycles. The predicted molar refractivity (Wildman–Crippen MR) is 98.5 cm³/mol. The molecule has 0 saturated carbocycles. The fourth-order valence-electron chi connectivity index (χ4n) is 3.97. The highest BCUT2D eigenvalue weighted by Crippen LogP contribution is 2.35. The van der Waals surface area contributed by atoms with E-state index in [4.69, 9.17) is 4.74 Å². The molecular weight excluding hydrogens is 369 g/mol. The minimum Gasteiger partial charge on any atom is -0.468 e. The van der Waals surface area contributed by atoms with Crippen molar-refractivity contribution in [2.24, 2.45) is 0 Å².